The zero-order chi connectivity index (χ0) is 10.1. The van der Waals surface area contributed by atoms with Gasteiger partial charge in [-0.25, -0.2) is 4.98 Å². The van der Waals surface area contributed by atoms with Crippen LogP contribution in [0.3, 0.4) is 0 Å². The van der Waals surface area contributed by atoms with Gasteiger partial charge in [0.2, 0.25) is 0 Å². The molecular formula is C11H17BrN2. The van der Waals surface area contributed by atoms with Crippen molar-refractivity contribution in [1.29, 1.82) is 0 Å². The number of fused-ring (bicyclic) bond motifs is 1. The highest BCUT2D eigenvalue weighted by atomic mass is 79.9. The molecule has 1 aliphatic heterocycles. The minimum atomic E-state index is 0.638. The molecule has 0 amide bonds. The van der Waals surface area contributed by atoms with Crippen molar-refractivity contribution < 1.29 is 0 Å². The molecule has 0 N–H and O–H groups in total. The molecule has 2 rings (SSSR count). The summed E-state index contributed by atoms with van der Waals surface area (Å²) in [6.07, 6.45) is 6.06. The SMILES string of the molecule is CCCc1nc(Br)c2n1C(C)CCC2. The zero-order valence-electron chi connectivity index (χ0n) is 8.89. The van der Waals surface area contributed by atoms with E-state index in [2.05, 4.69) is 39.3 Å². The molecule has 0 spiro atoms. The van der Waals surface area contributed by atoms with Crippen molar-refractivity contribution in [2.45, 2.75) is 52.0 Å². The van der Waals surface area contributed by atoms with Crippen LogP contribution in [-0.4, -0.2) is 9.55 Å². The smallest absolute Gasteiger partial charge is 0.127 e. The molecule has 2 heterocycles. The molecule has 0 aromatic carbocycles. The van der Waals surface area contributed by atoms with Crippen LogP contribution < -0.4 is 0 Å². The van der Waals surface area contributed by atoms with E-state index < -0.39 is 0 Å². The number of aryl methyl sites for hydroxylation is 1. The quantitative estimate of drug-likeness (QED) is 0.792. The lowest BCUT2D eigenvalue weighted by Gasteiger charge is -2.24. The normalized spacial score (nSPS) is 20.9. The summed E-state index contributed by atoms with van der Waals surface area (Å²) in [5, 5.41) is 0. The summed E-state index contributed by atoms with van der Waals surface area (Å²) in [5.74, 6) is 1.27. The summed E-state index contributed by atoms with van der Waals surface area (Å²) < 4.78 is 3.52. The van der Waals surface area contributed by atoms with Crippen molar-refractivity contribution in [1.82, 2.24) is 9.55 Å². The van der Waals surface area contributed by atoms with Gasteiger partial charge in [0.1, 0.15) is 10.4 Å². The second-order valence-electron chi connectivity index (χ2n) is 4.13. The predicted octanol–water partition coefficient (Wildman–Crippen LogP) is 3.50. The maximum absolute atomic E-state index is 4.61. The van der Waals surface area contributed by atoms with Crippen LogP contribution in [0.25, 0.3) is 0 Å². The first kappa shape index (κ1) is 10.2. The predicted molar refractivity (Wildman–Crippen MR) is 61.6 cm³/mol. The Hall–Kier alpha value is -0.310. The van der Waals surface area contributed by atoms with Gasteiger partial charge in [0.15, 0.2) is 0 Å². The number of halogens is 1. The maximum Gasteiger partial charge on any atom is 0.127 e. The Balaban J connectivity index is 2.42. The van der Waals surface area contributed by atoms with Gasteiger partial charge >= 0.3 is 0 Å². The molecule has 78 valence electrons. The van der Waals surface area contributed by atoms with Crippen molar-refractivity contribution in [3.05, 3.63) is 16.1 Å². The van der Waals surface area contributed by atoms with Crippen molar-refractivity contribution in [3.8, 4) is 0 Å². The first-order valence-electron chi connectivity index (χ1n) is 5.49. The maximum atomic E-state index is 4.61. The lowest BCUT2D eigenvalue weighted by Crippen LogP contribution is -2.17. The molecule has 14 heavy (non-hydrogen) atoms. The van der Waals surface area contributed by atoms with Gasteiger partial charge in [0.05, 0.1) is 5.69 Å². The molecule has 3 heteroatoms. The van der Waals surface area contributed by atoms with E-state index >= 15 is 0 Å². The van der Waals surface area contributed by atoms with Gasteiger partial charge in [0, 0.05) is 12.5 Å². The van der Waals surface area contributed by atoms with Crippen LogP contribution in [-0.2, 0) is 12.8 Å². The topological polar surface area (TPSA) is 17.8 Å². The Labute approximate surface area is 93.9 Å². The van der Waals surface area contributed by atoms with Crippen molar-refractivity contribution in [2.75, 3.05) is 0 Å². The molecule has 0 saturated carbocycles. The van der Waals surface area contributed by atoms with Gasteiger partial charge in [-0.15, -0.1) is 0 Å². The first-order valence-corrected chi connectivity index (χ1v) is 6.28. The van der Waals surface area contributed by atoms with Crippen LogP contribution in [0.4, 0.5) is 0 Å². The van der Waals surface area contributed by atoms with Gasteiger partial charge in [-0.3, -0.25) is 0 Å². The Morgan fingerprint density at radius 2 is 2.36 bits per heavy atom. The van der Waals surface area contributed by atoms with Crippen LogP contribution >= 0.6 is 15.9 Å². The zero-order valence-corrected chi connectivity index (χ0v) is 10.5. The minimum Gasteiger partial charge on any atom is -0.328 e. The summed E-state index contributed by atoms with van der Waals surface area (Å²) in [6, 6.07) is 0.638. The van der Waals surface area contributed by atoms with Crippen LogP contribution in [0, 0.1) is 0 Å². The van der Waals surface area contributed by atoms with Crippen molar-refractivity contribution >= 4 is 15.9 Å². The van der Waals surface area contributed by atoms with E-state index in [0.29, 0.717) is 6.04 Å². The summed E-state index contributed by atoms with van der Waals surface area (Å²) in [4.78, 5) is 4.61. The molecule has 0 saturated heterocycles. The summed E-state index contributed by atoms with van der Waals surface area (Å²) in [5.41, 5.74) is 1.41. The highest BCUT2D eigenvalue weighted by Gasteiger charge is 2.22. The number of hydrogen-bond acceptors (Lipinski definition) is 1. The lowest BCUT2D eigenvalue weighted by atomic mass is 10.0. The fraction of sp³-hybridized carbons (Fsp3) is 0.727. The molecular weight excluding hydrogens is 240 g/mol. The third-order valence-corrected chi connectivity index (χ3v) is 3.62. The number of imidazole rings is 1. The Morgan fingerprint density at radius 1 is 1.57 bits per heavy atom. The Kier molecular flexibility index (Phi) is 2.96. The standard InChI is InChI=1S/C11H17BrN2/c1-3-5-10-13-11(12)9-7-4-6-8(2)14(9)10/h8H,3-7H2,1-2H3. The van der Waals surface area contributed by atoms with Crippen LogP contribution in [0.1, 0.15) is 50.7 Å². The molecule has 0 bridgehead atoms. The lowest BCUT2D eigenvalue weighted by molar-refractivity contribution is 0.417. The summed E-state index contributed by atoms with van der Waals surface area (Å²) >= 11 is 3.57. The molecule has 1 aliphatic rings. The second-order valence-corrected chi connectivity index (χ2v) is 4.88. The molecule has 1 aromatic rings. The van der Waals surface area contributed by atoms with E-state index in [1.54, 1.807) is 0 Å². The second kappa shape index (κ2) is 4.05. The van der Waals surface area contributed by atoms with Gasteiger partial charge in [-0.05, 0) is 48.5 Å². The molecule has 1 atom stereocenters. The monoisotopic (exact) mass is 256 g/mol. The van der Waals surface area contributed by atoms with E-state index in [1.807, 2.05) is 0 Å². The summed E-state index contributed by atoms with van der Waals surface area (Å²) in [7, 11) is 0. The van der Waals surface area contributed by atoms with Gasteiger partial charge in [-0.1, -0.05) is 6.92 Å². The number of nitrogens with zero attached hydrogens (tertiary/aromatic N) is 2. The van der Waals surface area contributed by atoms with Gasteiger partial charge in [-0.2, -0.15) is 0 Å². The number of hydrogen-bond donors (Lipinski definition) is 0. The van der Waals surface area contributed by atoms with E-state index in [-0.39, 0.29) is 0 Å². The Bertz CT molecular complexity index is 330. The van der Waals surface area contributed by atoms with E-state index in [4.69, 9.17) is 0 Å². The van der Waals surface area contributed by atoms with E-state index in [9.17, 15) is 0 Å². The largest absolute Gasteiger partial charge is 0.328 e. The highest BCUT2D eigenvalue weighted by molar-refractivity contribution is 9.10. The van der Waals surface area contributed by atoms with Crippen LogP contribution in [0.2, 0.25) is 0 Å². The van der Waals surface area contributed by atoms with E-state index in [1.165, 1.54) is 37.2 Å². The molecule has 0 fully saturated rings. The van der Waals surface area contributed by atoms with Crippen LogP contribution in [0.5, 0.6) is 0 Å². The molecule has 0 radical (unpaired) electrons. The molecule has 1 unspecified atom stereocenters. The minimum absolute atomic E-state index is 0.638. The van der Waals surface area contributed by atoms with Crippen LogP contribution in [0.15, 0.2) is 4.60 Å². The van der Waals surface area contributed by atoms with Gasteiger partial charge < -0.3 is 4.57 Å². The number of aromatic nitrogens is 2. The molecule has 1 aromatic heterocycles. The van der Waals surface area contributed by atoms with Gasteiger partial charge in [0.25, 0.3) is 0 Å². The third-order valence-electron chi connectivity index (χ3n) is 2.98. The fourth-order valence-corrected chi connectivity index (χ4v) is 2.92. The summed E-state index contributed by atoms with van der Waals surface area (Å²) in [6.45, 7) is 4.51. The highest BCUT2D eigenvalue weighted by Crippen LogP contribution is 2.31. The van der Waals surface area contributed by atoms with E-state index in [0.717, 1.165) is 11.0 Å². The molecule has 2 nitrogen and oxygen atoms in total. The molecule has 0 aliphatic carbocycles. The average molecular weight is 257 g/mol. The number of rotatable bonds is 2. The fourth-order valence-electron chi connectivity index (χ4n) is 2.32. The first-order chi connectivity index (χ1) is 6.74. The third kappa shape index (κ3) is 1.62. The van der Waals surface area contributed by atoms with Crippen molar-refractivity contribution in [3.63, 3.8) is 0 Å². The average Bonchev–Trinajstić information content (AvgIpc) is 2.46. The Morgan fingerprint density at radius 3 is 3.07 bits per heavy atom. The van der Waals surface area contributed by atoms with Crippen molar-refractivity contribution in [2.24, 2.45) is 0 Å².